The van der Waals surface area contributed by atoms with Crippen LogP contribution in [0.3, 0.4) is 0 Å². The highest BCUT2D eigenvalue weighted by Gasteiger charge is 2.04. The van der Waals surface area contributed by atoms with Gasteiger partial charge in [0.2, 0.25) is 0 Å². The van der Waals surface area contributed by atoms with E-state index in [2.05, 4.69) is 15.1 Å². The van der Waals surface area contributed by atoms with Crippen LogP contribution in [0.5, 0.6) is 0 Å². The Balaban J connectivity index is 2.17. The standard InChI is InChI=1S/C10H7FN4/c11-7-2-1-3-8(4-7)15-5-9-10(14-15)13-6-12-9/h1-6H,(H,12,13,14). The molecule has 0 saturated carbocycles. The van der Waals surface area contributed by atoms with Crippen LogP contribution in [0.2, 0.25) is 0 Å². The Kier molecular flexibility index (Phi) is 1.58. The molecule has 0 aliphatic rings. The number of aromatic nitrogens is 4. The molecule has 74 valence electrons. The number of hydrogen-bond acceptors (Lipinski definition) is 2. The molecule has 0 aliphatic carbocycles. The molecule has 0 spiro atoms. The lowest BCUT2D eigenvalue weighted by Gasteiger charge is -1.99. The van der Waals surface area contributed by atoms with E-state index >= 15 is 0 Å². The maximum Gasteiger partial charge on any atom is 0.199 e. The molecule has 0 atom stereocenters. The van der Waals surface area contributed by atoms with Crippen LogP contribution in [0.15, 0.2) is 36.8 Å². The molecule has 0 fully saturated rings. The molecule has 1 N–H and O–H groups in total. The first-order valence-corrected chi connectivity index (χ1v) is 4.47. The Hall–Kier alpha value is -2.17. The first-order valence-electron chi connectivity index (χ1n) is 4.47. The van der Waals surface area contributed by atoms with Crippen LogP contribution >= 0.6 is 0 Å². The Bertz CT molecular complexity index is 582. The van der Waals surface area contributed by atoms with E-state index in [4.69, 9.17) is 0 Å². The zero-order chi connectivity index (χ0) is 10.3. The van der Waals surface area contributed by atoms with Gasteiger partial charge in [0.25, 0.3) is 0 Å². The number of hydrogen-bond donors (Lipinski definition) is 1. The van der Waals surface area contributed by atoms with E-state index in [0.717, 1.165) is 5.52 Å². The van der Waals surface area contributed by atoms with Crippen molar-refractivity contribution < 1.29 is 4.39 Å². The molecule has 15 heavy (non-hydrogen) atoms. The molecule has 0 amide bonds. The number of fused-ring (bicyclic) bond motifs is 1. The van der Waals surface area contributed by atoms with Crippen molar-refractivity contribution in [3.05, 3.63) is 42.6 Å². The highest BCUT2D eigenvalue weighted by molar-refractivity contribution is 5.69. The molecule has 0 unspecified atom stereocenters. The van der Waals surface area contributed by atoms with E-state index < -0.39 is 0 Å². The van der Waals surface area contributed by atoms with Crippen molar-refractivity contribution >= 4 is 11.2 Å². The second-order valence-corrected chi connectivity index (χ2v) is 3.19. The van der Waals surface area contributed by atoms with E-state index in [1.165, 1.54) is 12.1 Å². The number of aromatic amines is 1. The summed E-state index contributed by atoms with van der Waals surface area (Å²) in [6.45, 7) is 0. The summed E-state index contributed by atoms with van der Waals surface area (Å²) in [6.07, 6.45) is 3.35. The molecular formula is C10H7FN4. The Labute approximate surface area is 84.4 Å². The lowest BCUT2D eigenvalue weighted by molar-refractivity contribution is 0.625. The smallest absolute Gasteiger partial charge is 0.199 e. The van der Waals surface area contributed by atoms with Crippen molar-refractivity contribution in [2.75, 3.05) is 0 Å². The predicted molar refractivity (Wildman–Crippen MR) is 53.2 cm³/mol. The topological polar surface area (TPSA) is 46.5 Å². The number of nitrogens with one attached hydrogen (secondary N) is 1. The van der Waals surface area contributed by atoms with Gasteiger partial charge in [-0.3, -0.25) is 0 Å². The van der Waals surface area contributed by atoms with E-state index in [9.17, 15) is 4.39 Å². The van der Waals surface area contributed by atoms with Gasteiger partial charge in [-0.05, 0) is 18.2 Å². The van der Waals surface area contributed by atoms with Crippen molar-refractivity contribution in [1.29, 1.82) is 0 Å². The Morgan fingerprint density at radius 2 is 2.27 bits per heavy atom. The van der Waals surface area contributed by atoms with Gasteiger partial charge in [0.15, 0.2) is 5.65 Å². The summed E-state index contributed by atoms with van der Waals surface area (Å²) < 4.78 is 14.6. The van der Waals surface area contributed by atoms with Gasteiger partial charge in [-0.25, -0.2) is 14.1 Å². The predicted octanol–water partition coefficient (Wildman–Crippen LogP) is 1.89. The minimum atomic E-state index is -0.278. The van der Waals surface area contributed by atoms with Gasteiger partial charge >= 0.3 is 0 Å². The maximum absolute atomic E-state index is 13.0. The molecule has 2 aromatic heterocycles. The number of halogens is 1. The molecule has 0 radical (unpaired) electrons. The number of imidazole rings is 1. The molecule has 1 aromatic carbocycles. The van der Waals surface area contributed by atoms with Crippen molar-refractivity contribution in [1.82, 2.24) is 19.7 Å². The van der Waals surface area contributed by atoms with Gasteiger partial charge in [0, 0.05) is 0 Å². The van der Waals surface area contributed by atoms with Gasteiger partial charge < -0.3 is 4.98 Å². The number of benzene rings is 1. The van der Waals surface area contributed by atoms with Gasteiger partial charge in [-0.2, -0.15) is 0 Å². The van der Waals surface area contributed by atoms with Gasteiger partial charge in [-0.15, -0.1) is 5.10 Å². The zero-order valence-electron chi connectivity index (χ0n) is 7.68. The Morgan fingerprint density at radius 1 is 1.33 bits per heavy atom. The van der Waals surface area contributed by atoms with Crippen LogP contribution in [0.1, 0.15) is 0 Å². The second kappa shape index (κ2) is 2.91. The van der Waals surface area contributed by atoms with Crippen molar-refractivity contribution in [3.8, 4) is 5.69 Å². The van der Waals surface area contributed by atoms with Crippen molar-refractivity contribution in [2.24, 2.45) is 0 Å². The van der Waals surface area contributed by atoms with Crippen LogP contribution in [-0.2, 0) is 0 Å². The van der Waals surface area contributed by atoms with Crippen LogP contribution < -0.4 is 0 Å². The third kappa shape index (κ3) is 1.28. The summed E-state index contributed by atoms with van der Waals surface area (Å²) in [6, 6.07) is 6.26. The fourth-order valence-electron chi connectivity index (χ4n) is 1.48. The summed E-state index contributed by atoms with van der Waals surface area (Å²) >= 11 is 0. The molecule has 5 heteroatoms. The number of rotatable bonds is 1. The van der Waals surface area contributed by atoms with Crippen LogP contribution in [-0.4, -0.2) is 19.7 Å². The molecule has 3 rings (SSSR count). The molecule has 0 bridgehead atoms. The van der Waals surface area contributed by atoms with Crippen LogP contribution in [0.4, 0.5) is 4.39 Å². The normalized spacial score (nSPS) is 11.0. The number of nitrogens with zero attached hydrogens (tertiary/aromatic N) is 3. The number of H-pyrrole nitrogens is 1. The average molecular weight is 202 g/mol. The minimum Gasteiger partial charge on any atom is -0.342 e. The van der Waals surface area contributed by atoms with Crippen molar-refractivity contribution in [2.45, 2.75) is 0 Å². The summed E-state index contributed by atoms with van der Waals surface area (Å²) in [5, 5.41) is 4.19. The third-order valence-corrected chi connectivity index (χ3v) is 2.17. The summed E-state index contributed by atoms with van der Waals surface area (Å²) in [5.41, 5.74) is 2.14. The largest absolute Gasteiger partial charge is 0.342 e. The fourth-order valence-corrected chi connectivity index (χ4v) is 1.48. The van der Waals surface area contributed by atoms with E-state index in [1.54, 1.807) is 29.3 Å². The molecule has 2 heterocycles. The van der Waals surface area contributed by atoms with E-state index in [1.807, 2.05) is 0 Å². The van der Waals surface area contributed by atoms with E-state index in [0.29, 0.717) is 11.3 Å². The monoisotopic (exact) mass is 202 g/mol. The minimum absolute atomic E-state index is 0.278. The van der Waals surface area contributed by atoms with E-state index in [-0.39, 0.29) is 5.82 Å². The molecule has 4 nitrogen and oxygen atoms in total. The van der Waals surface area contributed by atoms with Crippen LogP contribution in [0, 0.1) is 5.82 Å². The quantitative estimate of drug-likeness (QED) is 0.655. The summed E-state index contributed by atoms with van der Waals surface area (Å²) in [4.78, 5) is 6.94. The van der Waals surface area contributed by atoms with Crippen molar-refractivity contribution in [3.63, 3.8) is 0 Å². The molecular weight excluding hydrogens is 195 g/mol. The van der Waals surface area contributed by atoms with Gasteiger partial charge in [-0.1, -0.05) is 6.07 Å². The van der Waals surface area contributed by atoms with Crippen LogP contribution in [0.25, 0.3) is 16.9 Å². The summed E-state index contributed by atoms with van der Waals surface area (Å²) in [7, 11) is 0. The Morgan fingerprint density at radius 3 is 3.07 bits per heavy atom. The fraction of sp³-hybridized carbons (Fsp3) is 0. The highest BCUT2D eigenvalue weighted by atomic mass is 19.1. The van der Waals surface area contributed by atoms with Gasteiger partial charge in [0.05, 0.1) is 18.2 Å². The SMILES string of the molecule is Fc1cccc(-n2cc3[nH]cnc3n2)c1. The average Bonchev–Trinajstić information content (AvgIpc) is 2.76. The molecule has 3 aromatic rings. The zero-order valence-corrected chi connectivity index (χ0v) is 7.68. The first kappa shape index (κ1) is 8.16. The highest BCUT2D eigenvalue weighted by Crippen LogP contribution is 2.12. The molecule has 0 saturated heterocycles. The second-order valence-electron chi connectivity index (χ2n) is 3.19. The lowest BCUT2D eigenvalue weighted by atomic mass is 10.3. The summed E-state index contributed by atoms with van der Waals surface area (Å²) in [5.74, 6) is -0.278. The third-order valence-electron chi connectivity index (χ3n) is 2.17. The van der Waals surface area contributed by atoms with Gasteiger partial charge in [0.1, 0.15) is 11.3 Å². The maximum atomic E-state index is 13.0. The molecule has 0 aliphatic heterocycles. The lowest BCUT2D eigenvalue weighted by Crippen LogP contribution is -1.94. The first-order chi connectivity index (χ1) is 7.33.